The summed E-state index contributed by atoms with van der Waals surface area (Å²) in [5.74, 6) is 0.937. The molecule has 0 saturated carbocycles. The molecule has 1 aliphatic rings. The van der Waals surface area contributed by atoms with E-state index in [4.69, 9.17) is 0 Å². The molecule has 1 fully saturated rings. The van der Waals surface area contributed by atoms with Gasteiger partial charge in [0.2, 0.25) is 5.91 Å². The fourth-order valence-electron chi connectivity index (χ4n) is 3.06. The van der Waals surface area contributed by atoms with Gasteiger partial charge in [-0.3, -0.25) is 4.79 Å². The Hall–Kier alpha value is -3.14. The van der Waals surface area contributed by atoms with E-state index in [-0.39, 0.29) is 5.91 Å². The highest BCUT2D eigenvalue weighted by Crippen LogP contribution is 2.19. The molecule has 1 aliphatic heterocycles. The Bertz CT molecular complexity index is 789. The molecule has 0 unspecified atom stereocenters. The van der Waals surface area contributed by atoms with E-state index < -0.39 is 0 Å². The summed E-state index contributed by atoms with van der Waals surface area (Å²) in [6.45, 7) is 3.67. The molecule has 4 heteroatoms. The van der Waals surface area contributed by atoms with Crippen molar-refractivity contribution in [3.05, 3.63) is 79.0 Å². The van der Waals surface area contributed by atoms with Crippen molar-refractivity contribution in [2.75, 3.05) is 23.3 Å². The number of hydrogen-bond donors (Lipinski definition) is 1. The van der Waals surface area contributed by atoms with E-state index in [0.29, 0.717) is 0 Å². The second kappa shape index (κ2) is 9.53. The molecule has 1 amide bonds. The first-order valence-electron chi connectivity index (χ1n) is 9.31. The Morgan fingerprint density at radius 2 is 1.41 bits per heavy atom. The van der Waals surface area contributed by atoms with E-state index in [2.05, 4.69) is 63.7 Å². The number of nitrogens with zero attached hydrogens (tertiary/aromatic N) is 2. The Balaban J connectivity index is 0.000000159. The van der Waals surface area contributed by atoms with Crippen LogP contribution in [0.25, 0.3) is 11.1 Å². The second-order valence-electron chi connectivity index (χ2n) is 6.51. The molecule has 2 heterocycles. The number of rotatable bonds is 3. The molecule has 0 aliphatic carbocycles. The van der Waals surface area contributed by atoms with Crippen molar-refractivity contribution in [3.63, 3.8) is 0 Å². The van der Waals surface area contributed by atoms with Crippen LogP contribution >= 0.6 is 0 Å². The molecule has 27 heavy (non-hydrogen) atoms. The first kappa shape index (κ1) is 18.6. The van der Waals surface area contributed by atoms with Crippen molar-refractivity contribution >= 4 is 17.4 Å². The minimum absolute atomic E-state index is 0.0641. The van der Waals surface area contributed by atoms with Gasteiger partial charge in [-0.2, -0.15) is 0 Å². The van der Waals surface area contributed by atoms with E-state index >= 15 is 0 Å². The lowest BCUT2D eigenvalue weighted by Crippen LogP contribution is -2.18. The van der Waals surface area contributed by atoms with Gasteiger partial charge in [0.25, 0.3) is 0 Å². The van der Waals surface area contributed by atoms with Gasteiger partial charge in [-0.1, -0.05) is 60.7 Å². The lowest BCUT2D eigenvalue weighted by Gasteiger charge is -2.16. The molecule has 4 nitrogen and oxygen atoms in total. The van der Waals surface area contributed by atoms with Crippen molar-refractivity contribution in [2.24, 2.45) is 0 Å². The van der Waals surface area contributed by atoms with Crippen LogP contribution in [0.4, 0.5) is 11.5 Å². The van der Waals surface area contributed by atoms with Crippen LogP contribution in [0.3, 0.4) is 0 Å². The summed E-state index contributed by atoms with van der Waals surface area (Å²) < 4.78 is 0. The number of carbonyl (C=O) groups excluding carboxylic acids is 1. The van der Waals surface area contributed by atoms with Crippen LogP contribution in [0.5, 0.6) is 0 Å². The van der Waals surface area contributed by atoms with E-state index in [9.17, 15) is 4.79 Å². The lowest BCUT2D eigenvalue weighted by atomic mass is 10.1. The third-order valence-electron chi connectivity index (χ3n) is 4.38. The summed E-state index contributed by atoms with van der Waals surface area (Å²) in [6, 6.07) is 24.6. The number of hydrogen-bond acceptors (Lipinski definition) is 3. The monoisotopic (exact) mass is 359 g/mol. The first-order valence-corrected chi connectivity index (χ1v) is 9.31. The van der Waals surface area contributed by atoms with Crippen LogP contribution < -0.4 is 10.2 Å². The quantitative estimate of drug-likeness (QED) is 0.716. The number of benzene rings is 2. The lowest BCUT2D eigenvalue weighted by molar-refractivity contribution is -0.114. The largest absolute Gasteiger partial charge is 0.357 e. The van der Waals surface area contributed by atoms with Crippen LogP contribution in [-0.4, -0.2) is 24.0 Å². The van der Waals surface area contributed by atoms with Crippen molar-refractivity contribution in [1.29, 1.82) is 0 Å². The summed E-state index contributed by atoms with van der Waals surface area (Å²) in [7, 11) is 0. The average Bonchev–Trinajstić information content (AvgIpc) is 3.25. The first-order chi connectivity index (χ1) is 13.2. The predicted octanol–water partition coefficient (Wildman–Crippen LogP) is 4.99. The molecule has 2 aromatic carbocycles. The Labute approximate surface area is 160 Å². The van der Waals surface area contributed by atoms with Gasteiger partial charge in [-0.05, 0) is 36.1 Å². The number of aromatic nitrogens is 1. The number of amides is 1. The smallest absolute Gasteiger partial charge is 0.221 e. The summed E-state index contributed by atoms with van der Waals surface area (Å²) >= 11 is 0. The second-order valence-corrected chi connectivity index (χ2v) is 6.51. The molecule has 0 atom stereocenters. The molecule has 3 aromatic rings. The zero-order valence-corrected chi connectivity index (χ0v) is 15.6. The predicted molar refractivity (Wildman–Crippen MR) is 112 cm³/mol. The van der Waals surface area contributed by atoms with Crippen LogP contribution in [0, 0.1) is 0 Å². The van der Waals surface area contributed by atoms with Gasteiger partial charge in [-0.25, -0.2) is 4.98 Å². The summed E-state index contributed by atoms with van der Waals surface area (Å²) in [5, 5.41) is 2.70. The summed E-state index contributed by atoms with van der Waals surface area (Å²) in [6.07, 6.45) is 4.19. The third-order valence-corrected chi connectivity index (χ3v) is 4.38. The van der Waals surface area contributed by atoms with E-state index in [0.717, 1.165) is 24.6 Å². The highest BCUT2D eigenvalue weighted by Gasteiger charge is 2.12. The van der Waals surface area contributed by atoms with Crippen molar-refractivity contribution in [3.8, 4) is 11.1 Å². The van der Waals surface area contributed by atoms with Crippen molar-refractivity contribution < 1.29 is 4.79 Å². The molecule has 0 bridgehead atoms. The van der Waals surface area contributed by atoms with E-state index in [1.54, 1.807) is 6.20 Å². The van der Waals surface area contributed by atoms with Crippen molar-refractivity contribution in [1.82, 2.24) is 4.98 Å². The van der Waals surface area contributed by atoms with Gasteiger partial charge in [0, 0.05) is 20.0 Å². The van der Waals surface area contributed by atoms with Gasteiger partial charge in [0.05, 0.1) is 11.9 Å². The van der Waals surface area contributed by atoms with Gasteiger partial charge < -0.3 is 10.2 Å². The fraction of sp³-hybridized carbons (Fsp3) is 0.217. The van der Waals surface area contributed by atoms with E-state index in [1.165, 1.54) is 30.9 Å². The highest BCUT2D eigenvalue weighted by atomic mass is 16.1. The number of pyridine rings is 1. The highest BCUT2D eigenvalue weighted by molar-refractivity contribution is 5.88. The average molecular weight is 359 g/mol. The minimum atomic E-state index is -0.0641. The minimum Gasteiger partial charge on any atom is -0.357 e. The Morgan fingerprint density at radius 1 is 0.852 bits per heavy atom. The molecule has 0 spiro atoms. The maximum Gasteiger partial charge on any atom is 0.221 e. The molecular formula is C23H25N3O. The molecule has 1 aromatic heterocycles. The number of nitrogens with one attached hydrogen (secondary N) is 1. The molecule has 4 rings (SSSR count). The normalized spacial score (nSPS) is 12.9. The van der Waals surface area contributed by atoms with Gasteiger partial charge >= 0.3 is 0 Å². The molecule has 1 saturated heterocycles. The van der Waals surface area contributed by atoms with Crippen LogP contribution in [0.2, 0.25) is 0 Å². The fourth-order valence-corrected chi connectivity index (χ4v) is 3.06. The van der Waals surface area contributed by atoms with Gasteiger partial charge in [-0.15, -0.1) is 0 Å². The zero-order valence-electron chi connectivity index (χ0n) is 15.6. The zero-order chi connectivity index (χ0) is 18.9. The topological polar surface area (TPSA) is 45.2 Å². The van der Waals surface area contributed by atoms with Gasteiger partial charge in [0.1, 0.15) is 5.82 Å². The number of anilines is 2. The number of carbonyl (C=O) groups is 1. The maximum atomic E-state index is 10.8. The Morgan fingerprint density at radius 3 is 1.85 bits per heavy atom. The Kier molecular flexibility index (Phi) is 6.58. The van der Waals surface area contributed by atoms with Crippen LogP contribution in [0.15, 0.2) is 79.0 Å². The summed E-state index contributed by atoms with van der Waals surface area (Å²) in [5.41, 5.74) is 3.31. The van der Waals surface area contributed by atoms with Crippen LogP contribution in [-0.2, 0) is 4.79 Å². The van der Waals surface area contributed by atoms with E-state index in [1.807, 2.05) is 24.3 Å². The molecule has 0 radical (unpaired) electrons. The standard InChI is InChI=1S/C12H10.C11H15N3O/c1-3-7-11(8-4-1)12-9-5-2-6-10-12;1-9(15)13-10-4-5-11(12-8-10)14-6-2-3-7-14/h1-10H;4-5,8H,2-3,6-7H2,1H3,(H,13,15). The maximum absolute atomic E-state index is 10.8. The SMILES string of the molecule is CC(=O)Nc1ccc(N2CCCC2)nc1.c1ccc(-c2ccccc2)cc1. The molecule has 1 N–H and O–H groups in total. The molecular weight excluding hydrogens is 334 g/mol. The van der Waals surface area contributed by atoms with Crippen LogP contribution in [0.1, 0.15) is 19.8 Å². The molecule has 138 valence electrons. The summed E-state index contributed by atoms with van der Waals surface area (Å²) in [4.78, 5) is 17.4. The van der Waals surface area contributed by atoms with Gasteiger partial charge in [0.15, 0.2) is 0 Å². The van der Waals surface area contributed by atoms with Crippen molar-refractivity contribution in [2.45, 2.75) is 19.8 Å². The third kappa shape index (κ3) is 5.68.